The minimum atomic E-state index is -0.00991. The third kappa shape index (κ3) is 2.94. The van der Waals surface area contributed by atoms with E-state index >= 15 is 0 Å². The van der Waals surface area contributed by atoms with Gasteiger partial charge in [0.1, 0.15) is 5.69 Å². The lowest BCUT2D eigenvalue weighted by atomic mass is 10.3. The molecule has 0 atom stereocenters. The molecule has 0 saturated carbocycles. The summed E-state index contributed by atoms with van der Waals surface area (Å²) in [6.07, 6.45) is 1.65. The Hall–Kier alpha value is -1.72. The van der Waals surface area contributed by atoms with Crippen LogP contribution in [0.1, 0.15) is 5.69 Å². The molecule has 0 fully saturated rings. The second-order valence-corrected chi connectivity index (χ2v) is 4.92. The summed E-state index contributed by atoms with van der Waals surface area (Å²) in [5, 5.41) is 12.1. The summed E-state index contributed by atoms with van der Waals surface area (Å²) in [6.45, 7) is 0. The summed E-state index contributed by atoms with van der Waals surface area (Å²) < 4.78 is 0. The fourth-order valence-corrected chi connectivity index (χ4v) is 2.36. The maximum absolute atomic E-state index is 8.53. The van der Waals surface area contributed by atoms with E-state index in [4.69, 9.17) is 22.5 Å². The van der Waals surface area contributed by atoms with E-state index in [-0.39, 0.29) is 5.84 Å². The van der Waals surface area contributed by atoms with Crippen LogP contribution in [0.2, 0.25) is 5.02 Å². The first kappa shape index (κ1) is 12.7. The Labute approximate surface area is 113 Å². The zero-order chi connectivity index (χ0) is 13.0. The third-order valence-electron chi connectivity index (χ3n) is 2.17. The van der Waals surface area contributed by atoms with Crippen molar-refractivity contribution in [2.24, 2.45) is 10.9 Å². The lowest BCUT2D eigenvalue weighted by Crippen LogP contribution is -2.14. The maximum Gasteiger partial charge on any atom is 0.188 e. The van der Waals surface area contributed by atoms with Crippen LogP contribution in [-0.2, 0) is 0 Å². The highest BCUT2D eigenvalue weighted by atomic mass is 35.5. The van der Waals surface area contributed by atoms with Gasteiger partial charge in [-0.15, -0.1) is 0 Å². The number of hydrogen-bond acceptors (Lipinski definition) is 4. The van der Waals surface area contributed by atoms with Crippen LogP contribution in [0.4, 0.5) is 0 Å². The summed E-state index contributed by atoms with van der Waals surface area (Å²) >= 11 is 7.57. The molecule has 0 aliphatic carbocycles. The van der Waals surface area contributed by atoms with E-state index in [2.05, 4.69) is 10.1 Å². The normalized spacial score (nSPS) is 11.5. The molecule has 1 aromatic carbocycles. The topological polar surface area (TPSA) is 71.5 Å². The van der Waals surface area contributed by atoms with Gasteiger partial charge in [0.25, 0.3) is 0 Å². The molecule has 0 aliphatic heterocycles. The number of nitrogens with zero attached hydrogens (tertiary/aromatic N) is 2. The molecule has 0 bridgehead atoms. The quantitative estimate of drug-likeness (QED) is 0.392. The van der Waals surface area contributed by atoms with Crippen molar-refractivity contribution in [1.29, 1.82) is 0 Å². The second-order valence-electron chi connectivity index (χ2n) is 3.40. The lowest BCUT2D eigenvalue weighted by Gasteiger charge is -2.04. The molecule has 2 aromatic rings. The van der Waals surface area contributed by atoms with Crippen molar-refractivity contribution in [3.8, 4) is 0 Å². The van der Waals surface area contributed by atoms with Crippen LogP contribution in [0.25, 0.3) is 0 Å². The van der Waals surface area contributed by atoms with Crippen molar-refractivity contribution in [2.45, 2.75) is 9.79 Å². The summed E-state index contributed by atoms with van der Waals surface area (Å²) in [6, 6.07) is 11.1. The molecule has 92 valence electrons. The summed E-state index contributed by atoms with van der Waals surface area (Å²) in [5.74, 6) is -0.00991. The van der Waals surface area contributed by atoms with E-state index < -0.39 is 0 Å². The monoisotopic (exact) mass is 279 g/mol. The Morgan fingerprint density at radius 3 is 2.67 bits per heavy atom. The molecular weight excluding hydrogens is 270 g/mol. The van der Waals surface area contributed by atoms with Crippen molar-refractivity contribution in [2.75, 3.05) is 0 Å². The van der Waals surface area contributed by atoms with E-state index in [0.717, 1.165) is 9.79 Å². The Morgan fingerprint density at radius 2 is 2.06 bits per heavy atom. The number of rotatable bonds is 3. The second kappa shape index (κ2) is 5.75. The fourth-order valence-electron chi connectivity index (χ4n) is 1.30. The van der Waals surface area contributed by atoms with Crippen LogP contribution < -0.4 is 5.73 Å². The number of pyridine rings is 1. The van der Waals surface area contributed by atoms with Crippen LogP contribution in [0.3, 0.4) is 0 Å². The molecule has 1 aromatic heterocycles. The molecular formula is C12H10ClN3OS. The number of oxime groups is 1. The van der Waals surface area contributed by atoms with E-state index in [1.54, 1.807) is 12.3 Å². The van der Waals surface area contributed by atoms with Gasteiger partial charge in [0.15, 0.2) is 5.84 Å². The third-order valence-corrected chi connectivity index (χ3v) is 3.67. The molecule has 0 amide bonds. The summed E-state index contributed by atoms with van der Waals surface area (Å²) in [7, 11) is 0. The van der Waals surface area contributed by atoms with Crippen molar-refractivity contribution < 1.29 is 5.21 Å². The molecule has 0 aliphatic rings. The first-order valence-corrected chi connectivity index (χ1v) is 6.26. The summed E-state index contributed by atoms with van der Waals surface area (Å²) in [5.41, 5.74) is 5.86. The SMILES string of the molecule is N/C(=N/O)c1ccc(Sc2ccccc2Cl)cn1. The molecule has 1 heterocycles. The van der Waals surface area contributed by atoms with Crippen LogP contribution in [0.15, 0.2) is 57.5 Å². The predicted molar refractivity (Wildman–Crippen MR) is 72.3 cm³/mol. The van der Waals surface area contributed by atoms with Crippen LogP contribution >= 0.6 is 23.4 Å². The Morgan fingerprint density at radius 1 is 1.28 bits per heavy atom. The Balaban J connectivity index is 2.19. The van der Waals surface area contributed by atoms with E-state index in [0.29, 0.717) is 10.7 Å². The van der Waals surface area contributed by atoms with Crippen molar-refractivity contribution in [3.63, 3.8) is 0 Å². The maximum atomic E-state index is 8.53. The average Bonchev–Trinajstić information content (AvgIpc) is 2.41. The number of aromatic nitrogens is 1. The minimum Gasteiger partial charge on any atom is -0.409 e. The number of benzene rings is 1. The molecule has 0 radical (unpaired) electrons. The van der Waals surface area contributed by atoms with Gasteiger partial charge in [0.05, 0.1) is 5.02 Å². The van der Waals surface area contributed by atoms with E-state index in [1.807, 2.05) is 30.3 Å². The summed E-state index contributed by atoms with van der Waals surface area (Å²) in [4.78, 5) is 5.98. The average molecular weight is 280 g/mol. The van der Waals surface area contributed by atoms with E-state index in [1.165, 1.54) is 11.8 Å². The standard InChI is InChI=1S/C12H10ClN3OS/c13-9-3-1-2-4-11(9)18-8-5-6-10(15-7-8)12(14)16-17/h1-7,17H,(H2,14,16). The lowest BCUT2D eigenvalue weighted by molar-refractivity contribution is 0.318. The largest absolute Gasteiger partial charge is 0.409 e. The Kier molecular flexibility index (Phi) is 4.07. The van der Waals surface area contributed by atoms with Gasteiger partial charge >= 0.3 is 0 Å². The van der Waals surface area contributed by atoms with Crippen molar-refractivity contribution in [1.82, 2.24) is 4.98 Å². The van der Waals surface area contributed by atoms with Crippen LogP contribution in [0.5, 0.6) is 0 Å². The minimum absolute atomic E-state index is 0.00991. The molecule has 0 spiro atoms. The van der Waals surface area contributed by atoms with Crippen molar-refractivity contribution in [3.05, 3.63) is 53.3 Å². The zero-order valence-electron chi connectivity index (χ0n) is 9.25. The number of amidine groups is 1. The Bertz CT molecular complexity index is 572. The number of halogens is 1. The van der Waals surface area contributed by atoms with Gasteiger partial charge in [0, 0.05) is 16.0 Å². The predicted octanol–water partition coefficient (Wildman–Crippen LogP) is 2.98. The molecule has 0 unspecified atom stereocenters. The molecule has 0 saturated heterocycles. The van der Waals surface area contributed by atoms with Gasteiger partial charge in [-0.3, -0.25) is 4.98 Å². The zero-order valence-corrected chi connectivity index (χ0v) is 10.8. The fraction of sp³-hybridized carbons (Fsp3) is 0. The van der Waals surface area contributed by atoms with E-state index in [9.17, 15) is 0 Å². The van der Waals surface area contributed by atoms with Gasteiger partial charge in [-0.25, -0.2) is 0 Å². The molecule has 6 heteroatoms. The van der Waals surface area contributed by atoms with Crippen molar-refractivity contribution >= 4 is 29.2 Å². The highest BCUT2D eigenvalue weighted by molar-refractivity contribution is 7.99. The molecule has 2 rings (SSSR count). The highest BCUT2D eigenvalue weighted by Gasteiger charge is 2.04. The van der Waals surface area contributed by atoms with Crippen LogP contribution in [0, 0.1) is 0 Å². The van der Waals surface area contributed by atoms with Gasteiger partial charge in [0.2, 0.25) is 0 Å². The first-order chi connectivity index (χ1) is 8.70. The van der Waals surface area contributed by atoms with Gasteiger partial charge in [-0.2, -0.15) is 0 Å². The number of hydrogen-bond donors (Lipinski definition) is 2. The molecule has 3 N–H and O–H groups in total. The van der Waals surface area contributed by atoms with Gasteiger partial charge in [-0.1, -0.05) is 40.7 Å². The highest BCUT2D eigenvalue weighted by Crippen LogP contribution is 2.32. The molecule has 18 heavy (non-hydrogen) atoms. The van der Waals surface area contributed by atoms with Gasteiger partial charge < -0.3 is 10.9 Å². The van der Waals surface area contributed by atoms with Gasteiger partial charge in [-0.05, 0) is 24.3 Å². The first-order valence-electron chi connectivity index (χ1n) is 5.07. The smallest absolute Gasteiger partial charge is 0.188 e. The number of nitrogens with two attached hydrogens (primary N) is 1. The molecule has 4 nitrogen and oxygen atoms in total. The van der Waals surface area contributed by atoms with Crippen LogP contribution in [-0.4, -0.2) is 16.0 Å².